The third-order valence-corrected chi connectivity index (χ3v) is 4.01. The summed E-state index contributed by atoms with van der Waals surface area (Å²) in [4.78, 5) is 13.6. The monoisotopic (exact) mass is 336 g/mol. The summed E-state index contributed by atoms with van der Waals surface area (Å²) in [6, 6.07) is 7.96. The van der Waals surface area contributed by atoms with Crippen molar-refractivity contribution in [3.05, 3.63) is 29.8 Å². The summed E-state index contributed by atoms with van der Waals surface area (Å²) >= 11 is 0. The van der Waals surface area contributed by atoms with Crippen LogP contribution in [0.25, 0.3) is 0 Å². The van der Waals surface area contributed by atoms with Crippen LogP contribution in [0.15, 0.2) is 24.3 Å². The number of aliphatic hydroxyl groups excluding tert-OH is 1. The Morgan fingerprint density at radius 2 is 1.96 bits per heavy atom. The Hall–Kier alpha value is -1.75. The average Bonchev–Trinajstić information content (AvgIpc) is 2.51. The first kappa shape index (κ1) is 20.3. The molecular formula is C19H32N2O3. The van der Waals surface area contributed by atoms with Crippen molar-refractivity contribution < 1.29 is 14.6 Å². The lowest BCUT2D eigenvalue weighted by Gasteiger charge is -2.27. The molecule has 0 aliphatic carbocycles. The number of hydrogen-bond acceptors (Lipinski definition) is 4. The molecule has 1 aromatic carbocycles. The molecule has 0 radical (unpaired) electrons. The molecule has 136 valence electrons. The van der Waals surface area contributed by atoms with Crippen molar-refractivity contribution in [1.29, 1.82) is 0 Å². The number of aliphatic hydroxyl groups is 1. The fourth-order valence-electron chi connectivity index (χ4n) is 2.07. The largest absolute Gasteiger partial charge is 0.444 e. The maximum Gasteiger partial charge on any atom is 0.410 e. The molecule has 0 aromatic heterocycles. The predicted octanol–water partition coefficient (Wildman–Crippen LogP) is 3.87. The van der Waals surface area contributed by atoms with Gasteiger partial charge in [0.2, 0.25) is 0 Å². The van der Waals surface area contributed by atoms with Crippen LogP contribution in [0.1, 0.15) is 46.6 Å². The van der Waals surface area contributed by atoms with Gasteiger partial charge in [0.15, 0.2) is 0 Å². The van der Waals surface area contributed by atoms with Crippen molar-refractivity contribution in [2.24, 2.45) is 5.41 Å². The number of nitrogens with one attached hydrogen (secondary N) is 1. The molecule has 0 aliphatic rings. The molecule has 1 atom stereocenters. The lowest BCUT2D eigenvalue weighted by Crippen LogP contribution is -2.33. The molecule has 0 fully saturated rings. The number of ether oxygens (including phenoxy) is 1. The summed E-state index contributed by atoms with van der Waals surface area (Å²) in [7, 11) is 1.73. The predicted molar refractivity (Wildman–Crippen MR) is 98.1 cm³/mol. The van der Waals surface area contributed by atoms with Crippen LogP contribution in [0.3, 0.4) is 0 Å². The van der Waals surface area contributed by atoms with Gasteiger partial charge >= 0.3 is 6.09 Å². The zero-order valence-electron chi connectivity index (χ0n) is 15.8. The van der Waals surface area contributed by atoms with E-state index in [-0.39, 0.29) is 18.1 Å². The first-order chi connectivity index (χ1) is 11.1. The Labute approximate surface area is 146 Å². The molecule has 0 bridgehead atoms. The molecule has 5 nitrogen and oxygen atoms in total. The highest BCUT2D eigenvalue weighted by Gasteiger charge is 2.21. The van der Waals surface area contributed by atoms with E-state index < -0.39 is 5.60 Å². The van der Waals surface area contributed by atoms with Crippen molar-refractivity contribution in [2.45, 2.75) is 53.2 Å². The third-order valence-electron chi connectivity index (χ3n) is 4.01. The lowest BCUT2D eigenvalue weighted by atomic mass is 9.88. The van der Waals surface area contributed by atoms with Gasteiger partial charge in [0.1, 0.15) is 5.60 Å². The maximum absolute atomic E-state index is 12.0. The molecule has 1 unspecified atom stereocenters. The molecule has 5 heteroatoms. The van der Waals surface area contributed by atoms with Gasteiger partial charge in [-0.1, -0.05) is 26.0 Å². The molecule has 0 saturated heterocycles. The number of anilines is 1. The van der Waals surface area contributed by atoms with E-state index in [9.17, 15) is 9.90 Å². The van der Waals surface area contributed by atoms with Gasteiger partial charge in [-0.25, -0.2) is 4.79 Å². The minimum absolute atomic E-state index is 0.136. The third kappa shape index (κ3) is 6.79. The van der Waals surface area contributed by atoms with Gasteiger partial charge in [-0.15, -0.1) is 0 Å². The van der Waals surface area contributed by atoms with Gasteiger partial charge in [-0.05, 0) is 44.9 Å². The quantitative estimate of drug-likeness (QED) is 0.793. The lowest BCUT2D eigenvalue weighted by molar-refractivity contribution is 0.0285. The van der Waals surface area contributed by atoms with E-state index in [1.807, 2.05) is 45.0 Å². The Morgan fingerprint density at radius 1 is 1.29 bits per heavy atom. The van der Waals surface area contributed by atoms with Gasteiger partial charge in [0.25, 0.3) is 0 Å². The van der Waals surface area contributed by atoms with Crippen LogP contribution in [-0.4, -0.2) is 41.9 Å². The number of carbonyl (C=O) groups is 1. The van der Waals surface area contributed by atoms with Crippen LogP contribution in [-0.2, 0) is 11.3 Å². The first-order valence-corrected chi connectivity index (χ1v) is 8.46. The van der Waals surface area contributed by atoms with Gasteiger partial charge in [-0.2, -0.15) is 0 Å². The highest BCUT2D eigenvalue weighted by molar-refractivity contribution is 5.67. The van der Waals surface area contributed by atoms with Gasteiger partial charge < -0.3 is 20.1 Å². The maximum atomic E-state index is 12.0. The summed E-state index contributed by atoms with van der Waals surface area (Å²) in [5.41, 5.74) is 1.38. The minimum Gasteiger partial charge on any atom is -0.444 e. The molecule has 24 heavy (non-hydrogen) atoms. The SMILES string of the molecule is CCC(C)(CO)CNc1cccc(CN(C)C(=O)OC(C)(C)C)c1. The Morgan fingerprint density at radius 3 is 2.50 bits per heavy atom. The fourth-order valence-corrected chi connectivity index (χ4v) is 2.07. The fraction of sp³-hybridized carbons (Fsp3) is 0.632. The van der Waals surface area contributed by atoms with E-state index >= 15 is 0 Å². The minimum atomic E-state index is -0.496. The second-order valence-corrected chi connectivity index (χ2v) is 7.71. The van der Waals surface area contributed by atoms with E-state index in [1.165, 1.54) is 0 Å². The highest BCUT2D eigenvalue weighted by atomic mass is 16.6. The van der Waals surface area contributed by atoms with Crippen LogP contribution in [0.5, 0.6) is 0 Å². The van der Waals surface area contributed by atoms with E-state index in [1.54, 1.807) is 11.9 Å². The van der Waals surface area contributed by atoms with E-state index in [2.05, 4.69) is 19.2 Å². The molecular weight excluding hydrogens is 304 g/mol. The normalized spacial score (nSPS) is 14.0. The molecule has 1 aromatic rings. The van der Waals surface area contributed by atoms with E-state index in [4.69, 9.17) is 4.74 Å². The van der Waals surface area contributed by atoms with Gasteiger partial charge in [0.05, 0.1) is 6.61 Å². The molecule has 0 aliphatic heterocycles. The Bertz CT molecular complexity index is 534. The van der Waals surface area contributed by atoms with Crippen molar-refractivity contribution in [2.75, 3.05) is 25.5 Å². The molecule has 1 rings (SSSR count). The number of carbonyl (C=O) groups excluding carboxylic acids is 1. The average molecular weight is 336 g/mol. The first-order valence-electron chi connectivity index (χ1n) is 8.46. The summed E-state index contributed by atoms with van der Waals surface area (Å²) in [6.07, 6.45) is 0.567. The topological polar surface area (TPSA) is 61.8 Å². The summed E-state index contributed by atoms with van der Waals surface area (Å²) in [5, 5.41) is 12.9. The molecule has 0 saturated carbocycles. The smallest absolute Gasteiger partial charge is 0.410 e. The number of amides is 1. The van der Waals surface area contributed by atoms with Gasteiger partial charge in [-0.3, -0.25) is 0 Å². The standard InChI is InChI=1S/C19H32N2O3/c1-7-19(5,14-22)13-20-16-10-8-9-15(11-16)12-21(6)17(23)24-18(2,3)4/h8-11,20,22H,7,12-14H2,1-6H3. The van der Waals surface area contributed by atoms with Crippen molar-refractivity contribution in [1.82, 2.24) is 4.90 Å². The van der Waals surface area contributed by atoms with E-state index in [0.717, 1.165) is 17.7 Å². The van der Waals surface area contributed by atoms with Crippen LogP contribution < -0.4 is 5.32 Å². The van der Waals surface area contributed by atoms with Crippen molar-refractivity contribution in [3.63, 3.8) is 0 Å². The molecule has 0 spiro atoms. The number of benzene rings is 1. The zero-order chi connectivity index (χ0) is 18.4. The van der Waals surface area contributed by atoms with Crippen LogP contribution in [0.2, 0.25) is 0 Å². The van der Waals surface area contributed by atoms with Crippen molar-refractivity contribution in [3.8, 4) is 0 Å². The Balaban J connectivity index is 2.67. The van der Waals surface area contributed by atoms with Crippen LogP contribution in [0.4, 0.5) is 10.5 Å². The summed E-state index contributed by atoms with van der Waals surface area (Å²) < 4.78 is 5.37. The molecule has 2 N–H and O–H groups in total. The molecule has 1 amide bonds. The second-order valence-electron chi connectivity index (χ2n) is 7.71. The number of rotatable bonds is 7. The summed E-state index contributed by atoms with van der Waals surface area (Å²) in [6.45, 7) is 11.0. The highest BCUT2D eigenvalue weighted by Crippen LogP contribution is 2.22. The second kappa shape index (κ2) is 8.38. The zero-order valence-corrected chi connectivity index (χ0v) is 15.8. The van der Waals surface area contributed by atoms with E-state index in [0.29, 0.717) is 13.1 Å². The molecule has 0 heterocycles. The van der Waals surface area contributed by atoms with Crippen LogP contribution >= 0.6 is 0 Å². The number of nitrogens with zero attached hydrogens (tertiary/aromatic N) is 1. The summed E-state index contributed by atoms with van der Waals surface area (Å²) in [5.74, 6) is 0. The number of hydrogen-bond donors (Lipinski definition) is 2. The van der Waals surface area contributed by atoms with Crippen molar-refractivity contribution >= 4 is 11.8 Å². The van der Waals surface area contributed by atoms with Crippen LogP contribution in [0, 0.1) is 5.41 Å². The Kier molecular flexibility index (Phi) is 7.08. The van der Waals surface area contributed by atoms with Gasteiger partial charge in [0, 0.05) is 31.2 Å².